The van der Waals surface area contributed by atoms with Gasteiger partial charge in [0.25, 0.3) is 0 Å². The van der Waals surface area contributed by atoms with E-state index < -0.39 is 0 Å². The van der Waals surface area contributed by atoms with Crippen LogP contribution in [0.4, 0.5) is 0 Å². The fraction of sp³-hybridized carbons (Fsp3) is 1.00. The maximum atomic E-state index is 3.48. The molecule has 0 spiro atoms. The fourth-order valence-corrected chi connectivity index (χ4v) is 2.99. The van der Waals surface area contributed by atoms with Crippen LogP contribution < -0.4 is 10.6 Å². The van der Waals surface area contributed by atoms with Crippen molar-refractivity contribution in [3.05, 3.63) is 0 Å². The molecular weight excluding hydrogens is 186 g/mol. The lowest BCUT2D eigenvalue weighted by Gasteiger charge is -2.36. The Hall–Kier alpha value is -0.120. The van der Waals surface area contributed by atoms with Gasteiger partial charge < -0.3 is 10.6 Å². The summed E-state index contributed by atoms with van der Waals surface area (Å²) in [5.74, 6) is 0. The second-order valence-electron chi connectivity index (χ2n) is 4.95. The van der Waals surface area contributed by atoms with Crippen molar-refractivity contribution >= 4 is 0 Å². The first-order valence-electron chi connectivity index (χ1n) is 6.52. The molecule has 1 aliphatic heterocycles. The Morgan fingerprint density at radius 3 is 2.93 bits per heavy atom. The van der Waals surface area contributed by atoms with Crippen molar-refractivity contribution in [2.24, 2.45) is 0 Å². The molecule has 0 amide bonds. The summed E-state index contributed by atoms with van der Waals surface area (Å²) in [5, 5.41) is 6.93. The minimum atomic E-state index is 0.764. The Morgan fingerprint density at radius 1 is 1.13 bits per heavy atom. The van der Waals surface area contributed by atoms with Gasteiger partial charge in [0.15, 0.2) is 0 Å². The summed E-state index contributed by atoms with van der Waals surface area (Å²) in [5.41, 5.74) is 0. The van der Waals surface area contributed by atoms with Crippen molar-refractivity contribution in [2.45, 2.75) is 44.2 Å². The van der Waals surface area contributed by atoms with Gasteiger partial charge in [0.05, 0.1) is 0 Å². The molecule has 88 valence electrons. The van der Waals surface area contributed by atoms with Gasteiger partial charge in [0.1, 0.15) is 0 Å². The molecule has 2 N–H and O–H groups in total. The van der Waals surface area contributed by atoms with Gasteiger partial charge in [-0.15, -0.1) is 0 Å². The van der Waals surface area contributed by atoms with Gasteiger partial charge in [-0.1, -0.05) is 6.42 Å². The summed E-state index contributed by atoms with van der Waals surface area (Å²) in [6, 6.07) is 1.61. The van der Waals surface area contributed by atoms with Crippen LogP contribution in [0.1, 0.15) is 32.1 Å². The van der Waals surface area contributed by atoms with Crippen molar-refractivity contribution in [3.8, 4) is 0 Å². The predicted octanol–water partition coefficient (Wildman–Crippen LogP) is 0.812. The van der Waals surface area contributed by atoms with Crippen LogP contribution in [-0.2, 0) is 0 Å². The van der Waals surface area contributed by atoms with Crippen LogP contribution in [0, 0.1) is 0 Å². The average Bonchev–Trinajstić information content (AvgIpc) is 2.58. The molecule has 2 unspecified atom stereocenters. The first kappa shape index (κ1) is 11.4. The molecule has 1 saturated heterocycles. The van der Waals surface area contributed by atoms with E-state index in [1.165, 1.54) is 58.3 Å². The van der Waals surface area contributed by atoms with Gasteiger partial charge >= 0.3 is 0 Å². The Bertz CT molecular complexity index is 176. The molecule has 2 rings (SSSR count). The molecule has 0 aromatic rings. The monoisotopic (exact) mass is 211 g/mol. The zero-order valence-electron chi connectivity index (χ0n) is 9.97. The number of rotatable bonds is 2. The van der Waals surface area contributed by atoms with E-state index in [0.717, 1.165) is 12.1 Å². The SMILES string of the molecule is CNC1CCCC(N2CCCNCC2)C1. The molecule has 1 heterocycles. The largest absolute Gasteiger partial charge is 0.317 e. The number of hydrogen-bond acceptors (Lipinski definition) is 3. The van der Waals surface area contributed by atoms with Gasteiger partial charge in [-0.2, -0.15) is 0 Å². The van der Waals surface area contributed by atoms with E-state index in [-0.39, 0.29) is 0 Å². The van der Waals surface area contributed by atoms with E-state index in [2.05, 4.69) is 22.6 Å². The highest BCUT2D eigenvalue weighted by molar-refractivity contribution is 4.84. The van der Waals surface area contributed by atoms with Gasteiger partial charge in [0, 0.05) is 25.2 Å². The lowest BCUT2D eigenvalue weighted by atomic mass is 9.90. The fourth-order valence-electron chi connectivity index (χ4n) is 2.99. The summed E-state index contributed by atoms with van der Waals surface area (Å²) in [4.78, 5) is 2.71. The number of nitrogens with zero attached hydrogens (tertiary/aromatic N) is 1. The highest BCUT2D eigenvalue weighted by Crippen LogP contribution is 2.23. The molecule has 1 aliphatic carbocycles. The molecule has 3 nitrogen and oxygen atoms in total. The third-order valence-corrected chi connectivity index (χ3v) is 3.95. The van der Waals surface area contributed by atoms with E-state index in [1.54, 1.807) is 0 Å². The van der Waals surface area contributed by atoms with Gasteiger partial charge in [-0.05, 0) is 45.8 Å². The predicted molar refractivity (Wildman–Crippen MR) is 64.2 cm³/mol. The smallest absolute Gasteiger partial charge is 0.0111 e. The van der Waals surface area contributed by atoms with Gasteiger partial charge in [-0.3, -0.25) is 4.90 Å². The molecule has 2 atom stereocenters. The number of nitrogens with one attached hydrogen (secondary N) is 2. The molecule has 3 heteroatoms. The van der Waals surface area contributed by atoms with Crippen molar-refractivity contribution in [1.82, 2.24) is 15.5 Å². The average molecular weight is 211 g/mol. The second-order valence-corrected chi connectivity index (χ2v) is 4.95. The zero-order valence-corrected chi connectivity index (χ0v) is 9.97. The van der Waals surface area contributed by atoms with Crippen molar-refractivity contribution in [1.29, 1.82) is 0 Å². The first-order chi connectivity index (χ1) is 7.40. The van der Waals surface area contributed by atoms with E-state index >= 15 is 0 Å². The number of hydrogen-bond donors (Lipinski definition) is 2. The molecule has 0 radical (unpaired) electrons. The molecule has 2 fully saturated rings. The maximum absolute atomic E-state index is 3.48. The molecule has 0 aromatic heterocycles. The highest BCUT2D eigenvalue weighted by atomic mass is 15.2. The van der Waals surface area contributed by atoms with Crippen LogP contribution in [-0.4, -0.2) is 50.2 Å². The standard InChI is InChI=1S/C12H25N3/c1-13-11-4-2-5-12(10-11)15-8-3-6-14-7-9-15/h11-14H,2-10H2,1H3. The Labute approximate surface area is 93.6 Å². The van der Waals surface area contributed by atoms with Crippen molar-refractivity contribution < 1.29 is 0 Å². The summed E-state index contributed by atoms with van der Waals surface area (Å²) in [6.45, 7) is 4.94. The quantitative estimate of drug-likeness (QED) is 0.708. The van der Waals surface area contributed by atoms with E-state index in [1.807, 2.05) is 0 Å². The Morgan fingerprint density at radius 2 is 2.07 bits per heavy atom. The second kappa shape index (κ2) is 5.83. The molecule has 2 aliphatic rings. The third kappa shape index (κ3) is 3.16. The van der Waals surface area contributed by atoms with Crippen LogP contribution in [0.25, 0.3) is 0 Å². The zero-order chi connectivity index (χ0) is 10.5. The maximum Gasteiger partial charge on any atom is 0.0111 e. The minimum Gasteiger partial charge on any atom is -0.317 e. The van der Waals surface area contributed by atoms with E-state index in [0.29, 0.717) is 0 Å². The molecule has 0 aromatic carbocycles. The van der Waals surface area contributed by atoms with Gasteiger partial charge in [0.2, 0.25) is 0 Å². The third-order valence-electron chi connectivity index (χ3n) is 3.95. The molecule has 0 bridgehead atoms. The van der Waals surface area contributed by atoms with E-state index in [9.17, 15) is 0 Å². The summed E-state index contributed by atoms with van der Waals surface area (Å²) in [6.07, 6.45) is 6.87. The Kier molecular flexibility index (Phi) is 4.42. The Balaban J connectivity index is 1.84. The normalized spacial score (nSPS) is 35.0. The van der Waals surface area contributed by atoms with Crippen LogP contribution >= 0.6 is 0 Å². The van der Waals surface area contributed by atoms with E-state index in [4.69, 9.17) is 0 Å². The minimum absolute atomic E-state index is 0.764. The van der Waals surface area contributed by atoms with Crippen LogP contribution in [0.5, 0.6) is 0 Å². The molecule has 15 heavy (non-hydrogen) atoms. The van der Waals surface area contributed by atoms with Gasteiger partial charge in [-0.25, -0.2) is 0 Å². The summed E-state index contributed by atoms with van der Waals surface area (Å²) in [7, 11) is 2.11. The highest BCUT2D eigenvalue weighted by Gasteiger charge is 2.25. The topological polar surface area (TPSA) is 27.3 Å². The van der Waals surface area contributed by atoms with Crippen molar-refractivity contribution in [3.63, 3.8) is 0 Å². The first-order valence-corrected chi connectivity index (χ1v) is 6.52. The van der Waals surface area contributed by atoms with Crippen LogP contribution in [0.15, 0.2) is 0 Å². The molecule has 1 saturated carbocycles. The lowest BCUT2D eigenvalue weighted by molar-refractivity contribution is 0.149. The molecular formula is C12H25N3. The van der Waals surface area contributed by atoms with Crippen LogP contribution in [0.3, 0.4) is 0 Å². The summed E-state index contributed by atoms with van der Waals surface area (Å²) >= 11 is 0. The summed E-state index contributed by atoms with van der Waals surface area (Å²) < 4.78 is 0. The van der Waals surface area contributed by atoms with Crippen LogP contribution in [0.2, 0.25) is 0 Å². The lowest BCUT2D eigenvalue weighted by Crippen LogP contribution is -2.44. The van der Waals surface area contributed by atoms with Crippen molar-refractivity contribution in [2.75, 3.05) is 33.2 Å².